The van der Waals surface area contributed by atoms with Crippen molar-refractivity contribution in [1.29, 1.82) is 0 Å². The Morgan fingerprint density at radius 2 is 1.72 bits per heavy atom. The van der Waals surface area contributed by atoms with Crippen molar-refractivity contribution in [2.24, 2.45) is 11.8 Å². The summed E-state index contributed by atoms with van der Waals surface area (Å²) in [5.41, 5.74) is 2.13. The zero-order valence-electron chi connectivity index (χ0n) is 17.2. The minimum absolute atomic E-state index is 0.0360. The van der Waals surface area contributed by atoms with Crippen molar-refractivity contribution in [3.8, 4) is 11.5 Å². The molecule has 1 fully saturated rings. The van der Waals surface area contributed by atoms with Crippen LogP contribution in [0.4, 0.5) is 0 Å². The minimum atomic E-state index is -0.217. The van der Waals surface area contributed by atoms with Crippen molar-refractivity contribution in [1.82, 2.24) is 10.2 Å². The summed E-state index contributed by atoms with van der Waals surface area (Å²) in [6.45, 7) is 1.08. The summed E-state index contributed by atoms with van der Waals surface area (Å²) in [6.07, 6.45) is 1.31. The van der Waals surface area contributed by atoms with Crippen LogP contribution in [0.2, 0.25) is 0 Å². The van der Waals surface area contributed by atoms with Crippen LogP contribution >= 0.6 is 0 Å². The number of benzene rings is 2. The molecule has 1 aliphatic rings. The number of nitrogens with one attached hydrogen (secondary N) is 1. The molecule has 6 nitrogen and oxygen atoms in total. The standard InChI is InChI=1S/C23H28N2O4/c1-25(15-17-7-5-4-6-8-17)23(27)19-14-18(19)22(26)24-12-11-16-9-10-20(28-2)21(13-16)29-3/h4-10,13,18-19H,11-12,14-15H2,1-3H3,(H,24,26). The van der Waals surface area contributed by atoms with Crippen LogP contribution in [0, 0.1) is 11.8 Å². The zero-order chi connectivity index (χ0) is 20.8. The van der Waals surface area contributed by atoms with Crippen LogP contribution in [0.3, 0.4) is 0 Å². The Morgan fingerprint density at radius 1 is 1.00 bits per heavy atom. The number of ether oxygens (including phenoxy) is 2. The maximum atomic E-state index is 12.6. The van der Waals surface area contributed by atoms with Gasteiger partial charge in [-0.2, -0.15) is 0 Å². The fourth-order valence-corrected chi connectivity index (χ4v) is 3.47. The first-order chi connectivity index (χ1) is 14.0. The van der Waals surface area contributed by atoms with E-state index < -0.39 is 0 Å². The highest BCUT2D eigenvalue weighted by atomic mass is 16.5. The van der Waals surface area contributed by atoms with E-state index in [-0.39, 0.29) is 23.7 Å². The SMILES string of the molecule is COc1ccc(CCNC(=O)C2CC2C(=O)N(C)Cc2ccccc2)cc1OC. The van der Waals surface area contributed by atoms with Gasteiger partial charge >= 0.3 is 0 Å². The third-order valence-electron chi connectivity index (χ3n) is 5.24. The van der Waals surface area contributed by atoms with Gasteiger partial charge in [-0.3, -0.25) is 9.59 Å². The van der Waals surface area contributed by atoms with Crippen molar-refractivity contribution < 1.29 is 19.1 Å². The fourth-order valence-electron chi connectivity index (χ4n) is 3.47. The Bertz CT molecular complexity index is 853. The van der Waals surface area contributed by atoms with Gasteiger partial charge in [-0.1, -0.05) is 36.4 Å². The molecule has 2 amide bonds. The van der Waals surface area contributed by atoms with E-state index in [1.165, 1.54) is 0 Å². The average Bonchev–Trinajstić information content (AvgIpc) is 3.54. The summed E-state index contributed by atoms with van der Waals surface area (Å²) in [5, 5.41) is 2.95. The number of amides is 2. The van der Waals surface area contributed by atoms with E-state index in [9.17, 15) is 9.59 Å². The molecule has 154 valence electrons. The van der Waals surface area contributed by atoms with Crippen LogP contribution in [0.1, 0.15) is 17.5 Å². The van der Waals surface area contributed by atoms with Crippen molar-refractivity contribution >= 4 is 11.8 Å². The molecule has 2 unspecified atom stereocenters. The Hall–Kier alpha value is -3.02. The van der Waals surface area contributed by atoms with Gasteiger partial charge in [0.1, 0.15) is 0 Å². The van der Waals surface area contributed by atoms with Crippen LogP contribution in [-0.4, -0.2) is 44.5 Å². The van der Waals surface area contributed by atoms with E-state index in [2.05, 4.69) is 5.32 Å². The molecule has 2 aromatic carbocycles. The smallest absolute Gasteiger partial charge is 0.226 e. The first kappa shape index (κ1) is 20.7. The van der Waals surface area contributed by atoms with E-state index in [4.69, 9.17) is 9.47 Å². The second kappa shape index (κ2) is 9.45. The van der Waals surface area contributed by atoms with E-state index in [1.54, 1.807) is 26.2 Å². The van der Waals surface area contributed by atoms with Gasteiger partial charge in [0.25, 0.3) is 0 Å². The summed E-state index contributed by atoms with van der Waals surface area (Å²) in [6, 6.07) is 15.6. The molecule has 0 bridgehead atoms. The molecule has 2 atom stereocenters. The Morgan fingerprint density at radius 3 is 2.41 bits per heavy atom. The second-order valence-electron chi connectivity index (χ2n) is 7.36. The number of methoxy groups -OCH3 is 2. The quantitative estimate of drug-likeness (QED) is 0.708. The first-order valence-electron chi connectivity index (χ1n) is 9.81. The maximum Gasteiger partial charge on any atom is 0.226 e. The third kappa shape index (κ3) is 5.28. The number of hydrogen-bond acceptors (Lipinski definition) is 4. The highest BCUT2D eigenvalue weighted by Gasteiger charge is 2.48. The van der Waals surface area contributed by atoms with Gasteiger partial charge in [0.05, 0.1) is 26.1 Å². The Balaban J connectivity index is 1.43. The molecule has 2 aromatic rings. The van der Waals surface area contributed by atoms with E-state index in [0.29, 0.717) is 37.4 Å². The van der Waals surface area contributed by atoms with Crippen LogP contribution in [-0.2, 0) is 22.6 Å². The monoisotopic (exact) mass is 396 g/mol. The van der Waals surface area contributed by atoms with Gasteiger partial charge in [0, 0.05) is 20.1 Å². The summed E-state index contributed by atoms with van der Waals surface area (Å²) < 4.78 is 10.5. The van der Waals surface area contributed by atoms with Gasteiger partial charge in [0.2, 0.25) is 11.8 Å². The van der Waals surface area contributed by atoms with E-state index in [0.717, 1.165) is 11.1 Å². The molecule has 6 heteroatoms. The molecule has 0 saturated heterocycles. The first-order valence-corrected chi connectivity index (χ1v) is 9.81. The lowest BCUT2D eigenvalue weighted by atomic mass is 10.1. The molecule has 0 spiro atoms. The van der Waals surface area contributed by atoms with Crippen molar-refractivity contribution in [3.05, 3.63) is 59.7 Å². The molecule has 3 rings (SSSR count). The van der Waals surface area contributed by atoms with Crippen molar-refractivity contribution in [2.45, 2.75) is 19.4 Å². The molecule has 1 saturated carbocycles. The molecule has 29 heavy (non-hydrogen) atoms. The van der Waals surface area contributed by atoms with Crippen LogP contribution in [0.25, 0.3) is 0 Å². The highest BCUT2D eigenvalue weighted by molar-refractivity contribution is 5.92. The molecule has 1 aliphatic carbocycles. The summed E-state index contributed by atoms with van der Waals surface area (Å²) in [4.78, 5) is 26.7. The average molecular weight is 396 g/mol. The lowest BCUT2D eigenvalue weighted by molar-refractivity contribution is -0.134. The lowest BCUT2D eigenvalue weighted by Gasteiger charge is -2.17. The predicted octanol–water partition coefficient (Wildman–Crippen LogP) is 2.66. The fraction of sp³-hybridized carbons (Fsp3) is 0.391. The topological polar surface area (TPSA) is 67.9 Å². The Kier molecular flexibility index (Phi) is 6.75. The van der Waals surface area contributed by atoms with Gasteiger partial charge in [-0.25, -0.2) is 0 Å². The summed E-state index contributed by atoms with van der Waals surface area (Å²) in [5.74, 6) is 0.923. The summed E-state index contributed by atoms with van der Waals surface area (Å²) in [7, 11) is 4.99. The Labute approximate surface area is 171 Å². The molecule has 0 heterocycles. The molecular weight excluding hydrogens is 368 g/mol. The van der Waals surface area contributed by atoms with E-state index >= 15 is 0 Å². The number of carbonyl (C=O) groups is 2. The van der Waals surface area contributed by atoms with Crippen LogP contribution < -0.4 is 14.8 Å². The normalized spacial score (nSPS) is 17.3. The number of nitrogens with zero attached hydrogens (tertiary/aromatic N) is 1. The lowest BCUT2D eigenvalue weighted by Crippen LogP contribution is -2.32. The molecule has 0 radical (unpaired) electrons. The summed E-state index contributed by atoms with van der Waals surface area (Å²) >= 11 is 0. The molecule has 1 N–H and O–H groups in total. The van der Waals surface area contributed by atoms with Crippen molar-refractivity contribution in [2.75, 3.05) is 27.8 Å². The van der Waals surface area contributed by atoms with Crippen LogP contribution in [0.15, 0.2) is 48.5 Å². The van der Waals surface area contributed by atoms with E-state index in [1.807, 2.05) is 48.5 Å². The minimum Gasteiger partial charge on any atom is -0.493 e. The van der Waals surface area contributed by atoms with Crippen LogP contribution in [0.5, 0.6) is 11.5 Å². The third-order valence-corrected chi connectivity index (χ3v) is 5.24. The highest BCUT2D eigenvalue weighted by Crippen LogP contribution is 2.40. The number of carbonyl (C=O) groups excluding carboxylic acids is 2. The van der Waals surface area contributed by atoms with Crippen molar-refractivity contribution in [3.63, 3.8) is 0 Å². The second-order valence-corrected chi connectivity index (χ2v) is 7.36. The molecule has 0 aliphatic heterocycles. The predicted molar refractivity (Wildman–Crippen MR) is 111 cm³/mol. The van der Waals surface area contributed by atoms with Gasteiger partial charge < -0.3 is 19.7 Å². The maximum absolute atomic E-state index is 12.6. The largest absolute Gasteiger partial charge is 0.493 e. The zero-order valence-corrected chi connectivity index (χ0v) is 17.2. The van der Waals surface area contributed by atoms with Gasteiger partial charge in [-0.05, 0) is 36.1 Å². The molecule has 0 aromatic heterocycles. The van der Waals surface area contributed by atoms with Gasteiger partial charge in [-0.15, -0.1) is 0 Å². The molecular formula is C23H28N2O4. The van der Waals surface area contributed by atoms with Gasteiger partial charge in [0.15, 0.2) is 11.5 Å². The number of rotatable bonds is 9. The number of hydrogen-bond donors (Lipinski definition) is 1.